The molecule has 0 spiro atoms. The molecule has 0 saturated heterocycles. The Morgan fingerprint density at radius 3 is 2.24 bits per heavy atom. The van der Waals surface area contributed by atoms with Gasteiger partial charge in [-0.05, 0) is 52.6 Å². The van der Waals surface area contributed by atoms with Crippen molar-refractivity contribution in [3.63, 3.8) is 0 Å². The molecule has 1 N–H and O–H groups in total. The number of nitrogens with one attached hydrogen (secondary N) is 1. The lowest BCUT2D eigenvalue weighted by Crippen LogP contribution is -2.53. The van der Waals surface area contributed by atoms with Crippen molar-refractivity contribution in [2.24, 2.45) is 0 Å². The van der Waals surface area contributed by atoms with Gasteiger partial charge in [-0.15, -0.1) is 0 Å². The minimum absolute atomic E-state index is 0.0836. The monoisotopic (exact) mass is 591 g/mol. The highest BCUT2D eigenvalue weighted by atomic mass is 35.5. The molecule has 0 radical (unpaired) electrons. The molecule has 0 aliphatic rings. The fourth-order valence-corrected chi connectivity index (χ4v) is 6.00. The Bertz CT molecular complexity index is 1610. The predicted molar refractivity (Wildman–Crippen MR) is 163 cm³/mol. The molecule has 0 bridgehead atoms. The number of carbonyl (C=O) groups is 2. The summed E-state index contributed by atoms with van der Waals surface area (Å²) >= 11 is 6.23. The summed E-state index contributed by atoms with van der Waals surface area (Å²) in [4.78, 5) is 29.0. The maximum atomic E-state index is 14.0. The van der Waals surface area contributed by atoms with E-state index >= 15 is 0 Å². The Hall–Kier alpha value is -3.72. The van der Waals surface area contributed by atoms with Crippen molar-refractivity contribution >= 4 is 44.2 Å². The third kappa shape index (κ3) is 7.73. The molecular weight excluding hydrogens is 558 g/mol. The van der Waals surface area contributed by atoms with Crippen LogP contribution in [0.1, 0.15) is 24.5 Å². The van der Waals surface area contributed by atoms with Gasteiger partial charge in [0.1, 0.15) is 6.04 Å². The summed E-state index contributed by atoms with van der Waals surface area (Å²) in [7, 11) is -2.62. The van der Waals surface area contributed by atoms with Crippen molar-refractivity contribution in [2.75, 3.05) is 20.1 Å². The molecule has 7 nitrogen and oxygen atoms in total. The second kappa shape index (κ2) is 13.8. The molecule has 0 aromatic heterocycles. The van der Waals surface area contributed by atoms with E-state index in [0.29, 0.717) is 11.6 Å². The summed E-state index contributed by atoms with van der Waals surface area (Å²) < 4.78 is 28.1. The van der Waals surface area contributed by atoms with Crippen LogP contribution >= 0.6 is 11.6 Å². The van der Waals surface area contributed by atoms with Gasteiger partial charge in [0.15, 0.2) is 0 Å². The molecule has 0 aliphatic carbocycles. The minimum Gasteiger partial charge on any atom is -0.354 e. The molecule has 4 aromatic rings. The molecule has 1 atom stereocenters. The molecule has 0 aliphatic heterocycles. The van der Waals surface area contributed by atoms with Gasteiger partial charge in [0.2, 0.25) is 21.8 Å². The minimum atomic E-state index is -3.99. The summed E-state index contributed by atoms with van der Waals surface area (Å²) in [5.41, 5.74) is 1.61. The first-order valence-corrected chi connectivity index (χ1v) is 15.3. The van der Waals surface area contributed by atoms with Gasteiger partial charge in [0.25, 0.3) is 0 Å². The second-order valence-corrected chi connectivity index (χ2v) is 12.4. The van der Waals surface area contributed by atoms with Gasteiger partial charge in [-0.25, -0.2) is 8.42 Å². The highest BCUT2D eigenvalue weighted by molar-refractivity contribution is 7.89. The van der Waals surface area contributed by atoms with Crippen molar-refractivity contribution in [1.82, 2.24) is 14.5 Å². The first kappa shape index (κ1) is 30.2. The van der Waals surface area contributed by atoms with E-state index in [1.165, 1.54) is 11.9 Å². The molecule has 9 heteroatoms. The zero-order valence-corrected chi connectivity index (χ0v) is 24.7. The summed E-state index contributed by atoms with van der Waals surface area (Å²) in [6.45, 7) is 2.05. The van der Waals surface area contributed by atoms with Crippen LogP contribution in [-0.2, 0) is 32.6 Å². The number of sulfonamides is 1. The fraction of sp³-hybridized carbons (Fsp3) is 0.250. The van der Waals surface area contributed by atoms with Gasteiger partial charge in [-0.1, -0.05) is 91.3 Å². The largest absolute Gasteiger partial charge is 0.354 e. The van der Waals surface area contributed by atoms with Gasteiger partial charge >= 0.3 is 0 Å². The molecule has 2 amide bonds. The lowest BCUT2D eigenvalue weighted by molar-refractivity contribution is -0.141. The molecule has 0 fully saturated rings. The van der Waals surface area contributed by atoms with Gasteiger partial charge in [0.05, 0.1) is 11.4 Å². The number of nitrogens with zero attached hydrogens (tertiary/aromatic N) is 2. The average molecular weight is 592 g/mol. The van der Waals surface area contributed by atoms with Gasteiger partial charge in [-0.2, -0.15) is 4.31 Å². The van der Waals surface area contributed by atoms with Crippen molar-refractivity contribution in [2.45, 2.75) is 37.2 Å². The standard InChI is InChI=1S/C32H34ClN3O4S/c1-3-18-34-32(38)30(20-24-10-5-4-6-11-24)36(22-25-12-9-15-28(33)19-25)31(37)23-35(2)41(39,40)29-17-16-26-13-7-8-14-27(26)21-29/h4-17,19,21,30H,3,18,20,22-23H2,1-2H3,(H,34,38)/t30-/m0/s1. The van der Waals surface area contributed by atoms with Crippen molar-refractivity contribution in [3.8, 4) is 0 Å². The van der Waals surface area contributed by atoms with E-state index in [1.807, 2.05) is 67.6 Å². The van der Waals surface area contributed by atoms with Crippen LogP contribution in [0.4, 0.5) is 0 Å². The number of fused-ring (bicyclic) bond motifs is 1. The number of likely N-dealkylation sites (N-methyl/N-ethyl adjacent to an activating group) is 1. The Balaban J connectivity index is 1.66. The maximum Gasteiger partial charge on any atom is 0.243 e. The van der Waals surface area contributed by atoms with E-state index in [9.17, 15) is 18.0 Å². The Morgan fingerprint density at radius 1 is 0.854 bits per heavy atom. The molecule has 4 aromatic carbocycles. The second-order valence-electron chi connectivity index (χ2n) is 9.92. The first-order valence-electron chi connectivity index (χ1n) is 13.5. The van der Waals surface area contributed by atoms with E-state index in [2.05, 4.69) is 5.32 Å². The molecule has 0 unspecified atom stereocenters. The highest BCUT2D eigenvalue weighted by Gasteiger charge is 2.33. The molecule has 0 saturated carbocycles. The van der Waals surface area contributed by atoms with Crippen LogP contribution in [0.25, 0.3) is 10.8 Å². The van der Waals surface area contributed by atoms with Crippen molar-refractivity contribution in [1.29, 1.82) is 0 Å². The fourth-order valence-electron chi connectivity index (χ4n) is 4.63. The smallest absolute Gasteiger partial charge is 0.243 e. The Morgan fingerprint density at radius 2 is 1.54 bits per heavy atom. The Kier molecular flexibility index (Phi) is 10.2. The summed E-state index contributed by atoms with van der Waals surface area (Å²) in [6, 6.07) is 28.0. The van der Waals surface area contributed by atoms with Crippen LogP contribution in [-0.4, -0.2) is 55.6 Å². The van der Waals surface area contributed by atoms with E-state index < -0.39 is 28.5 Å². The van der Waals surface area contributed by atoms with Crippen LogP contribution in [0.5, 0.6) is 0 Å². The van der Waals surface area contributed by atoms with Crippen LogP contribution in [0.15, 0.2) is 102 Å². The third-order valence-electron chi connectivity index (χ3n) is 6.85. The SMILES string of the molecule is CCCNC(=O)[C@H](Cc1ccccc1)N(Cc1cccc(Cl)c1)C(=O)CN(C)S(=O)(=O)c1ccc2ccccc2c1. The summed E-state index contributed by atoms with van der Waals surface area (Å²) in [5, 5.41) is 5.12. The topological polar surface area (TPSA) is 86.8 Å². The quantitative estimate of drug-likeness (QED) is 0.243. The summed E-state index contributed by atoms with van der Waals surface area (Å²) in [6.07, 6.45) is 1.00. The normalized spacial score (nSPS) is 12.3. The van der Waals surface area contributed by atoms with E-state index in [4.69, 9.17) is 11.6 Å². The average Bonchev–Trinajstić information content (AvgIpc) is 2.97. The number of hydrogen-bond donors (Lipinski definition) is 1. The van der Waals surface area contributed by atoms with Crippen LogP contribution in [0.3, 0.4) is 0 Å². The van der Waals surface area contributed by atoms with Crippen LogP contribution < -0.4 is 5.32 Å². The molecule has 0 heterocycles. The molecule has 41 heavy (non-hydrogen) atoms. The number of amides is 2. The number of rotatable bonds is 12. The predicted octanol–water partition coefficient (Wildman–Crippen LogP) is 5.28. The zero-order chi connectivity index (χ0) is 29.4. The Labute approximate surface area is 246 Å². The summed E-state index contributed by atoms with van der Waals surface area (Å²) in [5.74, 6) is -0.796. The van der Waals surface area contributed by atoms with Crippen LogP contribution in [0, 0.1) is 0 Å². The molecule has 4 rings (SSSR count). The third-order valence-corrected chi connectivity index (χ3v) is 8.88. The maximum absolute atomic E-state index is 14.0. The van der Waals surface area contributed by atoms with E-state index in [-0.39, 0.29) is 23.8 Å². The highest BCUT2D eigenvalue weighted by Crippen LogP contribution is 2.23. The molecule has 214 valence electrons. The lowest BCUT2D eigenvalue weighted by atomic mass is 10.0. The van der Waals surface area contributed by atoms with Gasteiger partial charge in [0, 0.05) is 31.6 Å². The number of halogens is 1. The number of benzene rings is 4. The van der Waals surface area contributed by atoms with Crippen LogP contribution in [0.2, 0.25) is 5.02 Å². The number of hydrogen-bond acceptors (Lipinski definition) is 4. The molecular formula is C32H34ClN3O4S. The lowest BCUT2D eigenvalue weighted by Gasteiger charge is -2.32. The number of carbonyl (C=O) groups excluding carboxylic acids is 2. The van der Waals surface area contributed by atoms with E-state index in [0.717, 1.165) is 32.6 Å². The van der Waals surface area contributed by atoms with Gasteiger partial charge in [-0.3, -0.25) is 9.59 Å². The van der Waals surface area contributed by atoms with Gasteiger partial charge < -0.3 is 10.2 Å². The first-order chi connectivity index (χ1) is 19.7. The zero-order valence-electron chi connectivity index (χ0n) is 23.2. The van der Waals surface area contributed by atoms with Crippen molar-refractivity contribution < 1.29 is 18.0 Å². The van der Waals surface area contributed by atoms with E-state index in [1.54, 1.807) is 36.4 Å². The van der Waals surface area contributed by atoms with Crippen molar-refractivity contribution in [3.05, 3.63) is 113 Å².